The third kappa shape index (κ3) is 8.45. The number of hydrogen-bond donors (Lipinski definition) is 3. The number of amides is 2. The Hall–Kier alpha value is -2.32. The van der Waals surface area contributed by atoms with E-state index in [1.165, 1.54) is 14.2 Å². The Morgan fingerprint density at radius 2 is 1.81 bits per heavy atom. The zero-order valence-corrected chi connectivity index (χ0v) is 12.0. The van der Waals surface area contributed by atoms with Crippen molar-refractivity contribution in [2.45, 2.75) is 31.7 Å². The first kappa shape index (κ1) is 18.7. The molecule has 0 aromatic carbocycles. The summed E-state index contributed by atoms with van der Waals surface area (Å²) in [5.74, 6) is -2.75. The Bertz CT molecular complexity index is 397. The van der Waals surface area contributed by atoms with Gasteiger partial charge in [0.25, 0.3) is 0 Å². The Kier molecular flexibility index (Phi) is 8.51. The van der Waals surface area contributed by atoms with Gasteiger partial charge in [0, 0.05) is 20.0 Å². The Balaban J connectivity index is 4.29. The minimum absolute atomic E-state index is 0.00281. The zero-order valence-electron chi connectivity index (χ0n) is 12.0. The van der Waals surface area contributed by atoms with Gasteiger partial charge in [-0.1, -0.05) is 0 Å². The maximum atomic E-state index is 11.7. The van der Waals surface area contributed by atoms with Crippen LogP contribution in [0.15, 0.2) is 0 Å². The van der Waals surface area contributed by atoms with Crippen LogP contribution in [0.25, 0.3) is 0 Å². The molecule has 0 spiro atoms. The molecule has 120 valence electrons. The van der Waals surface area contributed by atoms with E-state index >= 15 is 0 Å². The number of nitrogens with zero attached hydrogens (tertiary/aromatic N) is 1. The Labute approximate surface area is 121 Å². The number of rotatable bonds is 9. The maximum absolute atomic E-state index is 11.7. The molecule has 0 aromatic rings. The van der Waals surface area contributed by atoms with Crippen LogP contribution in [0.4, 0.5) is 4.79 Å². The fourth-order valence-corrected chi connectivity index (χ4v) is 1.44. The lowest BCUT2D eigenvalue weighted by Crippen LogP contribution is -2.47. The topological polar surface area (TPSA) is 133 Å². The van der Waals surface area contributed by atoms with E-state index in [1.54, 1.807) is 0 Å². The van der Waals surface area contributed by atoms with E-state index in [9.17, 15) is 19.2 Å². The Morgan fingerprint density at radius 3 is 2.29 bits per heavy atom. The van der Waals surface area contributed by atoms with E-state index in [0.717, 1.165) is 4.90 Å². The molecule has 2 amide bonds. The van der Waals surface area contributed by atoms with E-state index in [-0.39, 0.29) is 32.2 Å². The first-order valence-corrected chi connectivity index (χ1v) is 6.31. The van der Waals surface area contributed by atoms with Crippen LogP contribution in [0.1, 0.15) is 25.7 Å². The molecule has 0 heterocycles. The number of nitrogens with one attached hydrogen (secondary N) is 1. The number of ether oxygens (including phenoxy) is 1. The lowest BCUT2D eigenvalue weighted by molar-refractivity contribution is -0.141. The predicted octanol–water partition coefficient (Wildman–Crippen LogP) is -0.101. The quantitative estimate of drug-likeness (QED) is 0.506. The number of methoxy groups -OCH3 is 1. The highest BCUT2D eigenvalue weighted by atomic mass is 16.5. The molecule has 3 N–H and O–H groups in total. The van der Waals surface area contributed by atoms with Crippen molar-refractivity contribution in [2.24, 2.45) is 0 Å². The van der Waals surface area contributed by atoms with Gasteiger partial charge < -0.3 is 25.2 Å². The highest BCUT2D eigenvalue weighted by Crippen LogP contribution is 2.03. The van der Waals surface area contributed by atoms with Crippen molar-refractivity contribution >= 4 is 23.9 Å². The number of aliphatic carboxylic acids is 2. The molecular formula is C12H20N2O7. The van der Waals surface area contributed by atoms with Gasteiger partial charge in [-0.25, -0.2) is 9.59 Å². The summed E-state index contributed by atoms with van der Waals surface area (Å²) in [6.45, 7) is 0.0833. The van der Waals surface area contributed by atoms with Gasteiger partial charge in [-0.3, -0.25) is 9.59 Å². The van der Waals surface area contributed by atoms with Crippen LogP contribution < -0.4 is 5.32 Å². The van der Waals surface area contributed by atoms with Gasteiger partial charge >= 0.3 is 23.9 Å². The normalized spacial score (nSPS) is 11.3. The first-order valence-electron chi connectivity index (χ1n) is 6.31. The average Bonchev–Trinajstić information content (AvgIpc) is 2.42. The molecule has 0 rings (SSSR count). The molecule has 0 aromatic heterocycles. The lowest BCUT2D eigenvalue weighted by atomic mass is 10.1. The van der Waals surface area contributed by atoms with Crippen molar-refractivity contribution in [1.29, 1.82) is 0 Å². The first-order chi connectivity index (χ1) is 9.77. The van der Waals surface area contributed by atoms with Crippen molar-refractivity contribution in [3.05, 3.63) is 0 Å². The van der Waals surface area contributed by atoms with Gasteiger partial charge in [0.1, 0.15) is 6.04 Å². The summed E-state index contributed by atoms with van der Waals surface area (Å²) < 4.78 is 4.43. The third-order valence-corrected chi connectivity index (χ3v) is 2.70. The van der Waals surface area contributed by atoms with Gasteiger partial charge in [-0.2, -0.15) is 0 Å². The molecule has 9 nitrogen and oxygen atoms in total. The molecule has 0 fully saturated rings. The number of esters is 1. The second kappa shape index (κ2) is 9.56. The van der Waals surface area contributed by atoms with Gasteiger partial charge in [-0.05, 0) is 12.8 Å². The van der Waals surface area contributed by atoms with E-state index in [2.05, 4.69) is 10.1 Å². The molecule has 9 heteroatoms. The molecule has 0 unspecified atom stereocenters. The second-order valence-corrected chi connectivity index (χ2v) is 4.37. The van der Waals surface area contributed by atoms with Gasteiger partial charge in [0.2, 0.25) is 0 Å². The van der Waals surface area contributed by atoms with Crippen molar-refractivity contribution in [1.82, 2.24) is 10.2 Å². The monoisotopic (exact) mass is 304 g/mol. The van der Waals surface area contributed by atoms with Crippen LogP contribution in [0.5, 0.6) is 0 Å². The zero-order chi connectivity index (χ0) is 16.4. The van der Waals surface area contributed by atoms with E-state index in [4.69, 9.17) is 10.2 Å². The number of urea groups is 1. The molecule has 0 aliphatic rings. The minimum atomic E-state index is -1.24. The highest BCUT2D eigenvalue weighted by molar-refractivity contribution is 5.82. The summed E-state index contributed by atoms with van der Waals surface area (Å²) in [4.78, 5) is 45.2. The average molecular weight is 304 g/mol. The smallest absolute Gasteiger partial charge is 0.326 e. The molecule has 0 bridgehead atoms. The number of carboxylic acid groups (broad SMARTS) is 2. The third-order valence-electron chi connectivity index (χ3n) is 2.70. The SMILES string of the molecule is COC(=O)CCN(C)C(=O)N[C@H](CCCC(=O)O)C(=O)O. The van der Waals surface area contributed by atoms with Crippen molar-refractivity contribution in [3.8, 4) is 0 Å². The van der Waals surface area contributed by atoms with Crippen molar-refractivity contribution in [3.63, 3.8) is 0 Å². The number of carbonyl (C=O) groups excluding carboxylic acids is 2. The van der Waals surface area contributed by atoms with Crippen LogP contribution in [0.3, 0.4) is 0 Å². The van der Waals surface area contributed by atoms with Gasteiger partial charge in [-0.15, -0.1) is 0 Å². The minimum Gasteiger partial charge on any atom is -0.481 e. The Morgan fingerprint density at radius 1 is 1.19 bits per heavy atom. The molecule has 0 radical (unpaired) electrons. The molecule has 0 aliphatic heterocycles. The summed E-state index contributed by atoms with van der Waals surface area (Å²) in [5, 5.41) is 19.7. The molecule has 0 aliphatic carbocycles. The largest absolute Gasteiger partial charge is 0.481 e. The van der Waals surface area contributed by atoms with Crippen molar-refractivity contribution < 1.29 is 34.1 Å². The summed E-state index contributed by atoms with van der Waals surface area (Å²) in [7, 11) is 2.64. The van der Waals surface area contributed by atoms with E-state index in [0.29, 0.717) is 0 Å². The number of carbonyl (C=O) groups is 4. The molecule has 0 saturated heterocycles. The number of carboxylic acids is 2. The fraction of sp³-hybridized carbons (Fsp3) is 0.667. The van der Waals surface area contributed by atoms with Crippen LogP contribution in [0, 0.1) is 0 Å². The van der Waals surface area contributed by atoms with E-state index in [1.807, 2.05) is 0 Å². The van der Waals surface area contributed by atoms with Crippen LogP contribution in [-0.2, 0) is 19.1 Å². The highest BCUT2D eigenvalue weighted by Gasteiger charge is 2.22. The summed E-state index contributed by atoms with van der Waals surface area (Å²) >= 11 is 0. The standard InChI is InChI=1S/C12H20N2O7/c1-14(7-6-10(17)21-2)12(20)13-8(11(18)19)4-3-5-9(15)16/h8H,3-7H2,1-2H3,(H,13,20)(H,15,16)(H,18,19)/t8-/m1/s1. The molecule has 0 saturated carbocycles. The van der Waals surface area contributed by atoms with Crippen molar-refractivity contribution in [2.75, 3.05) is 20.7 Å². The molecular weight excluding hydrogens is 284 g/mol. The molecule has 1 atom stereocenters. The summed E-state index contributed by atoms with van der Waals surface area (Å²) in [6, 6.07) is -1.82. The maximum Gasteiger partial charge on any atom is 0.326 e. The van der Waals surface area contributed by atoms with E-state index < -0.39 is 30.0 Å². The second-order valence-electron chi connectivity index (χ2n) is 4.37. The van der Waals surface area contributed by atoms with Gasteiger partial charge in [0.05, 0.1) is 13.5 Å². The van der Waals surface area contributed by atoms with Crippen LogP contribution >= 0.6 is 0 Å². The summed E-state index contributed by atoms with van der Waals surface area (Å²) in [6.07, 6.45) is -0.0222. The number of hydrogen-bond acceptors (Lipinski definition) is 5. The van der Waals surface area contributed by atoms with Gasteiger partial charge in [0.15, 0.2) is 0 Å². The predicted molar refractivity (Wildman–Crippen MR) is 70.7 cm³/mol. The van der Waals surface area contributed by atoms with Crippen LogP contribution in [0.2, 0.25) is 0 Å². The van der Waals surface area contributed by atoms with Crippen LogP contribution in [-0.4, -0.2) is 65.8 Å². The molecule has 21 heavy (non-hydrogen) atoms. The summed E-state index contributed by atoms with van der Waals surface area (Å²) in [5.41, 5.74) is 0. The lowest BCUT2D eigenvalue weighted by Gasteiger charge is -2.21. The fourth-order valence-electron chi connectivity index (χ4n) is 1.44.